The molecule has 3 unspecified atom stereocenters. The van der Waals surface area contributed by atoms with Crippen LogP contribution < -0.4 is 5.32 Å². The molecule has 3 atom stereocenters. The molecule has 1 rings (SSSR count). The number of hydrogen-bond donors (Lipinski definition) is 1. The molecular formula is C17H36N2. The fourth-order valence-electron chi connectivity index (χ4n) is 3.18. The molecule has 1 fully saturated rings. The third kappa shape index (κ3) is 6.76. The first-order chi connectivity index (χ1) is 9.19. The molecule has 1 aliphatic rings. The number of hydrogen-bond acceptors (Lipinski definition) is 2. The lowest BCUT2D eigenvalue weighted by molar-refractivity contribution is 0.179. The van der Waals surface area contributed by atoms with Gasteiger partial charge in [0.15, 0.2) is 0 Å². The van der Waals surface area contributed by atoms with Crippen LogP contribution in [0.4, 0.5) is 0 Å². The number of rotatable bonds is 7. The van der Waals surface area contributed by atoms with Crippen LogP contribution in [-0.2, 0) is 0 Å². The predicted molar refractivity (Wildman–Crippen MR) is 85.7 cm³/mol. The molecule has 2 nitrogen and oxygen atoms in total. The Bertz CT molecular complexity index is 217. The normalized spacial score (nSPS) is 27.8. The van der Waals surface area contributed by atoms with Crippen molar-refractivity contribution in [3.63, 3.8) is 0 Å². The lowest BCUT2D eigenvalue weighted by Crippen LogP contribution is -2.45. The van der Waals surface area contributed by atoms with E-state index in [0.717, 1.165) is 12.0 Å². The van der Waals surface area contributed by atoms with Crippen LogP contribution >= 0.6 is 0 Å². The monoisotopic (exact) mass is 268 g/mol. The maximum atomic E-state index is 3.76. The van der Waals surface area contributed by atoms with E-state index in [0.29, 0.717) is 6.04 Å². The van der Waals surface area contributed by atoms with Gasteiger partial charge in [-0.15, -0.1) is 0 Å². The first-order valence-electron chi connectivity index (χ1n) is 8.67. The van der Waals surface area contributed by atoms with E-state index >= 15 is 0 Å². The quantitative estimate of drug-likeness (QED) is 0.749. The van der Waals surface area contributed by atoms with Gasteiger partial charge in [-0.2, -0.15) is 0 Å². The lowest BCUT2D eigenvalue weighted by atomic mass is 9.97. The number of unbranched alkanes of at least 4 members (excludes halogenated alkanes) is 1. The minimum absolute atomic E-state index is 0.684. The highest BCUT2D eigenvalue weighted by Gasteiger charge is 2.19. The van der Waals surface area contributed by atoms with Gasteiger partial charge in [-0.3, -0.25) is 0 Å². The Balaban J connectivity index is 2.41. The fourth-order valence-corrected chi connectivity index (χ4v) is 3.18. The van der Waals surface area contributed by atoms with E-state index in [9.17, 15) is 0 Å². The Morgan fingerprint density at radius 2 is 1.89 bits per heavy atom. The average molecular weight is 268 g/mol. The van der Waals surface area contributed by atoms with Gasteiger partial charge in [-0.1, -0.05) is 40.0 Å². The van der Waals surface area contributed by atoms with Crippen molar-refractivity contribution in [3.05, 3.63) is 0 Å². The standard InChI is InChI=1S/C17H36N2/c1-5-8-9-16(6-2)14-19-12-10-15(4)18-17(7-3)11-13-19/h15-18H,5-14H2,1-4H3. The minimum Gasteiger partial charge on any atom is -0.311 e. The summed E-state index contributed by atoms with van der Waals surface area (Å²) in [6.45, 7) is 13.2. The summed E-state index contributed by atoms with van der Waals surface area (Å²) in [4.78, 5) is 2.74. The zero-order chi connectivity index (χ0) is 14.1. The second-order valence-corrected chi connectivity index (χ2v) is 6.47. The maximum absolute atomic E-state index is 3.76. The van der Waals surface area contributed by atoms with E-state index in [2.05, 4.69) is 37.9 Å². The smallest absolute Gasteiger partial charge is 0.00790 e. The molecule has 114 valence electrons. The molecule has 2 heteroatoms. The molecule has 19 heavy (non-hydrogen) atoms. The van der Waals surface area contributed by atoms with Crippen LogP contribution in [0.2, 0.25) is 0 Å². The fraction of sp³-hybridized carbons (Fsp3) is 1.00. The third-order valence-corrected chi connectivity index (χ3v) is 4.74. The van der Waals surface area contributed by atoms with Gasteiger partial charge in [0.25, 0.3) is 0 Å². The van der Waals surface area contributed by atoms with Gasteiger partial charge in [0, 0.05) is 18.6 Å². The van der Waals surface area contributed by atoms with Crippen molar-refractivity contribution >= 4 is 0 Å². The van der Waals surface area contributed by atoms with Crippen molar-refractivity contribution in [2.75, 3.05) is 19.6 Å². The molecular weight excluding hydrogens is 232 g/mol. The maximum Gasteiger partial charge on any atom is 0.00790 e. The summed E-state index contributed by atoms with van der Waals surface area (Å²) in [7, 11) is 0. The summed E-state index contributed by atoms with van der Waals surface area (Å²) in [5, 5.41) is 3.76. The van der Waals surface area contributed by atoms with Crippen molar-refractivity contribution in [1.82, 2.24) is 10.2 Å². The van der Waals surface area contributed by atoms with Gasteiger partial charge in [0.05, 0.1) is 0 Å². The summed E-state index contributed by atoms with van der Waals surface area (Å²) in [6, 6.07) is 1.41. The van der Waals surface area contributed by atoms with Gasteiger partial charge >= 0.3 is 0 Å². The van der Waals surface area contributed by atoms with Crippen LogP contribution in [0.25, 0.3) is 0 Å². The largest absolute Gasteiger partial charge is 0.311 e. The molecule has 0 bridgehead atoms. The summed E-state index contributed by atoms with van der Waals surface area (Å²) in [6.07, 6.45) is 9.42. The third-order valence-electron chi connectivity index (χ3n) is 4.74. The summed E-state index contributed by atoms with van der Waals surface area (Å²) >= 11 is 0. The molecule has 0 spiro atoms. The van der Waals surface area contributed by atoms with Crippen molar-refractivity contribution in [2.24, 2.45) is 5.92 Å². The zero-order valence-corrected chi connectivity index (χ0v) is 13.8. The SMILES string of the molecule is CCCCC(CC)CN1CCC(C)NC(CC)CC1. The van der Waals surface area contributed by atoms with Crippen LogP contribution in [0, 0.1) is 5.92 Å². The van der Waals surface area contributed by atoms with Crippen LogP contribution in [0.5, 0.6) is 0 Å². The highest BCUT2D eigenvalue weighted by atomic mass is 15.1. The number of nitrogens with one attached hydrogen (secondary N) is 1. The predicted octanol–water partition coefficient (Wildman–Crippen LogP) is 4.06. The highest BCUT2D eigenvalue weighted by Crippen LogP contribution is 2.17. The van der Waals surface area contributed by atoms with Crippen LogP contribution in [-0.4, -0.2) is 36.6 Å². The summed E-state index contributed by atoms with van der Waals surface area (Å²) < 4.78 is 0. The average Bonchev–Trinajstić information content (AvgIpc) is 2.41. The first-order valence-corrected chi connectivity index (χ1v) is 8.67. The van der Waals surface area contributed by atoms with Crippen LogP contribution in [0.3, 0.4) is 0 Å². The number of nitrogens with zero attached hydrogens (tertiary/aromatic N) is 1. The van der Waals surface area contributed by atoms with E-state index in [1.54, 1.807) is 0 Å². The van der Waals surface area contributed by atoms with Crippen LogP contribution in [0.15, 0.2) is 0 Å². The van der Waals surface area contributed by atoms with E-state index < -0.39 is 0 Å². The van der Waals surface area contributed by atoms with E-state index in [-0.39, 0.29) is 0 Å². The molecule has 1 N–H and O–H groups in total. The highest BCUT2D eigenvalue weighted by molar-refractivity contribution is 4.78. The van der Waals surface area contributed by atoms with Crippen molar-refractivity contribution in [1.29, 1.82) is 0 Å². The second kappa shape index (κ2) is 9.77. The Labute approximate surface area is 121 Å². The molecule has 1 aliphatic heterocycles. The molecule has 0 aromatic rings. The van der Waals surface area contributed by atoms with Gasteiger partial charge in [0.2, 0.25) is 0 Å². The topological polar surface area (TPSA) is 15.3 Å². The van der Waals surface area contributed by atoms with Crippen molar-refractivity contribution < 1.29 is 0 Å². The molecule has 0 radical (unpaired) electrons. The van der Waals surface area contributed by atoms with Crippen molar-refractivity contribution in [3.8, 4) is 0 Å². The van der Waals surface area contributed by atoms with Gasteiger partial charge in [-0.25, -0.2) is 0 Å². The van der Waals surface area contributed by atoms with Gasteiger partial charge in [-0.05, 0) is 51.6 Å². The lowest BCUT2D eigenvalue weighted by Gasteiger charge is -2.33. The van der Waals surface area contributed by atoms with Gasteiger partial charge in [0.1, 0.15) is 0 Å². The van der Waals surface area contributed by atoms with E-state index in [1.165, 1.54) is 64.6 Å². The van der Waals surface area contributed by atoms with Gasteiger partial charge < -0.3 is 10.2 Å². The van der Waals surface area contributed by atoms with Crippen LogP contribution in [0.1, 0.15) is 72.6 Å². The first kappa shape index (κ1) is 17.0. The minimum atomic E-state index is 0.684. The zero-order valence-electron chi connectivity index (χ0n) is 13.8. The molecule has 0 aromatic heterocycles. The Morgan fingerprint density at radius 3 is 2.53 bits per heavy atom. The Kier molecular flexibility index (Phi) is 8.72. The second-order valence-electron chi connectivity index (χ2n) is 6.47. The molecule has 1 heterocycles. The summed E-state index contributed by atoms with van der Waals surface area (Å²) in [5.74, 6) is 0.919. The molecule has 0 aromatic carbocycles. The van der Waals surface area contributed by atoms with Crippen molar-refractivity contribution in [2.45, 2.75) is 84.7 Å². The van der Waals surface area contributed by atoms with E-state index in [4.69, 9.17) is 0 Å². The molecule has 0 saturated carbocycles. The molecule has 0 amide bonds. The Morgan fingerprint density at radius 1 is 1.16 bits per heavy atom. The molecule has 1 saturated heterocycles. The Hall–Kier alpha value is -0.0800. The summed E-state index contributed by atoms with van der Waals surface area (Å²) in [5.41, 5.74) is 0. The molecule has 0 aliphatic carbocycles. The van der Waals surface area contributed by atoms with E-state index in [1.807, 2.05) is 0 Å².